The topological polar surface area (TPSA) is 41.6 Å². The molecule has 4 heteroatoms. The van der Waals surface area contributed by atoms with Crippen molar-refractivity contribution in [1.29, 1.82) is 0 Å². The first-order valence-corrected chi connectivity index (χ1v) is 8.87. The largest absolute Gasteiger partial charge is 0.444 e. The Labute approximate surface area is 146 Å². The predicted molar refractivity (Wildman–Crippen MR) is 98.0 cm³/mol. The molecule has 1 aliphatic rings. The zero-order valence-corrected chi connectivity index (χ0v) is 15.9. The van der Waals surface area contributed by atoms with Crippen molar-refractivity contribution in [3.05, 3.63) is 35.9 Å². The molecule has 2 unspecified atom stereocenters. The summed E-state index contributed by atoms with van der Waals surface area (Å²) in [4.78, 5) is 14.8. The van der Waals surface area contributed by atoms with Crippen LogP contribution in [0.4, 0.5) is 4.79 Å². The Morgan fingerprint density at radius 1 is 1.33 bits per heavy atom. The van der Waals surface area contributed by atoms with Crippen molar-refractivity contribution in [3.8, 4) is 0 Å². The van der Waals surface area contributed by atoms with E-state index in [1.807, 2.05) is 39.0 Å². The summed E-state index contributed by atoms with van der Waals surface area (Å²) >= 11 is 0. The molecule has 3 atom stereocenters. The number of carbonyl (C=O) groups excluding carboxylic acids is 1. The van der Waals surface area contributed by atoms with Crippen LogP contribution in [0.15, 0.2) is 30.3 Å². The van der Waals surface area contributed by atoms with E-state index in [4.69, 9.17) is 4.74 Å². The lowest BCUT2D eigenvalue weighted by Crippen LogP contribution is -2.58. The molecule has 0 bridgehead atoms. The Morgan fingerprint density at radius 2 is 1.96 bits per heavy atom. The molecule has 0 radical (unpaired) electrons. The van der Waals surface area contributed by atoms with Crippen molar-refractivity contribution < 1.29 is 9.53 Å². The third-order valence-corrected chi connectivity index (χ3v) is 5.02. The van der Waals surface area contributed by atoms with E-state index in [0.29, 0.717) is 5.92 Å². The molecule has 4 nitrogen and oxygen atoms in total. The summed E-state index contributed by atoms with van der Waals surface area (Å²) in [6.45, 7) is 11.2. The molecule has 0 aromatic heterocycles. The summed E-state index contributed by atoms with van der Waals surface area (Å²) in [5, 5.41) is 3.14. The van der Waals surface area contributed by atoms with Crippen LogP contribution in [0.2, 0.25) is 0 Å². The maximum Gasteiger partial charge on any atom is 0.408 e. The van der Waals surface area contributed by atoms with Crippen LogP contribution < -0.4 is 5.32 Å². The molecule has 2 rings (SSSR count). The van der Waals surface area contributed by atoms with E-state index in [2.05, 4.69) is 43.2 Å². The zero-order chi connectivity index (χ0) is 18.0. The number of likely N-dealkylation sites (tertiary alicyclic amines) is 1. The van der Waals surface area contributed by atoms with Gasteiger partial charge in [-0.2, -0.15) is 0 Å². The fraction of sp³-hybridized carbons (Fsp3) is 0.650. The van der Waals surface area contributed by atoms with E-state index < -0.39 is 5.60 Å². The molecule has 0 saturated carbocycles. The Morgan fingerprint density at radius 3 is 2.50 bits per heavy atom. The van der Waals surface area contributed by atoms with Crippen molar-refractivity contribution in [2.24, 2.45) is 5.92 Å². The number of hydrogen-bond donors (Lipinski definition) is 1. The van der Waals surface area contributed by atoms with Crippen LogP contribution >= 0.6 is 0 Å². The molecule has 1 aromatic rings. The molecule has 1 saturated heterocycles. The van der Waals surface area contributed by atoms with Crippen molar-refractivity contribution in [2.45, 2.75) is 64.6 Å². The first-order chi connectivity index (χ1) is 11.1. The summed E-state index contributed by atoms with van der Waals surface area (Å²) < 4.78 is 5.51. The molecule has 1 heterocycles. The number of alkyl carbamates (subject to hydrolysis) is 1. The number of amides is 1. The van der Waals surface area contributed by atoms with Gasteiger partial charge in [-0.15, -0.1) is 0 Å². The molecule has 134 valence electrons. The first kappa shape index (κ1) is 18.8. The highest BCUT2D eigenvalue weighted by atomic mass is 16.6. The zero-order valence-electron chi connectivity index (χ0n) is 15.9. The average molecular weight is 332 g/mol. The number of carbonyl (C=O) groups is 1. The van der Waals surface area contributed by atoms with Crippen LogP contribution in [0.3, 0.4) is 0 Å². The van der Waals surface area contributed by atoms with Crippen molar-refractivity contribution in [2.75, 3.05) is 13.6 Å². The highest BCUT2D eigenvalue weighted by molar-refractivity contribution is 5.68. The smallest absolute Gasteiger partial charge is 0.408 e. The lowest BCUT2D eigenvalue weighted by Gasteiger charge is -2.49. The van der Waals surface area contributed by atoms with E-state index in [-0.39, 0.29) is 17.7 Å². The molecular weight excluding hydrogens is 300 g/mol. The minimum absolute atomic E-state index is 0.106. The quantitative estimate of drug-likeness (QED) is 0.893. The highest BCUT2D eigenvalue weighted by Crippen LogP contribution is 2.39. The highest BCUT2D eigenvalue weighted by Gasteiger charge is 2.43. The van der Waals surface area contributed by atoms with Crippen LogP contribution in [0.1, 0.15) is 59.1 Å². The minimum Gasteiger partial charge on any atom is -0.444 e. The summed E-state index contributed by atoms with van der Waals surface area (Å²) in [5.74, 6) is 0.682. The van der Waals surface area contributed by atoms with Gasteiger partial charge in [-0.05, 0) is 59.1 Å². The van der Waals surface area contributed by atoms with Gasteiger partial charge in [0, 0.05) is 12.1 Å². The molecule has 1 fully saturated rings. The van der Waals surface area contributed by atoms with Gasteiger partial charge >= 0.3 is 6.09 Å². The number of benzene rings is 1. The summed E-state index contributed by atoms with van der Waals surface area (Å²) in [5.41, 5.74) is 0.483. The third kappa shape index (κ3) is 4.50. The van der Waals surface area contributed by atoms with E-state index >= 15 is 0 Å². The number of piperidine rings is 1. The Hall–Kier alpha value is -1.55. The van der Waals surface area contributed by atoms with Gasteiger partial charge in [-0.3, -0.25) is 4.90 Å². The number of rotatable bonds is 3. The lowest BCUT2D eigenvalue weighted by molar-refractivity contribution is 0.0140. The van der Waals surface area contributed by atoms with Crippen LogP contribution in [0, 0.1) is 5.92 Å². The second-order valence-corrected chi connectivity index (χ2v) is 8.37. The van der Waals surface area contributed by atoms with E-state index in [0.717, 1.165) is 18.5 Å². The summed E-state index contributed by atoms with van der Waals surface area (Å²) in [6.07, 6.45) is 1.85. The first-order valence-electron chi connectivity index (χ1n) is 8.87. The number of hydrogen-bond acceptors (Lipinski definition) is 3. The molecule has 0 aliphatic carbocycles. The molecule has 1 N–H and O–H groups in total. The maximum atomic E-state index is 12.4. The molecule has 1 aliphatic heterocycles. The van der Waals surface area contributed by atoms with Gasteiger partial charge in [0.05, 0.1) is 6.04 Å². The van der Waals surface area contributed by atoms with Crippen molar-refractivity contribution in [3.63, 3.8) is 0 Å². The van der Waals surface area contributed by atoms with Crippen LogP contribution in [0.25, 0.3) is 0 Å². The van der Waals surface area contributed by atoms with E-state index in [9.17, 15) is 4.79 Å². The second kappa shape index (κ2) is 7.14. The normalized spacial score (nSPS) is 26.7. The van der Waals surface area contributed by atoms with Crippen LogP contribution in [-0.4, -0.2) is 35.7 Å². The molecular formula is C20H32N2O2. The Balaban J connectivity index is 2.28. The second-order valence-electron chi connectivity index (χ2n) is 8.37. The minimum atomic E-state index is -0.501. The fourth-order valence-corrected chi connectivity index (χ4v) is 3.53. The summed E-state index contributed by atoms with van der Waals surface area (Å²) in [6, 6.07) is 10.1. The lowest BCUT2D eigenvalue weighted by atomic mass is 9.77. The number of nitrogens with one attached hydrogen (secondary N) is 1. The van der Waals surface area contributed by atoms with E-state index in [1.54, 1.807) is 0 Å². The van der Waals surface area contributed by atoms with E-state index in [1.165, 1.54) is 6.42 Å². The van der Waals surface area contributed by atoms with Gasteiger partial charge < -0.3 is 10.1 Å². The van der Waals surface area contributed by atoms with Gasteiger partial charge in [0.15, 0.2) is 0 Å². The molecule has 0 spiro atoms. The van der Waals surface area contributed by atoms with Gasteiger partial charge in [-0.1, -0.05) is 37.3 Å². The monoisotopic (exact) mass is 332 g/mol. The Kier molecular flexibility index (Phi) is 5.59. The van der Waals surface area contributed by atoms with Gasteiger partial charge in [-0.25, -0.2) is 4.79 Å². The SMILES string of the molecule is CC1CCC(C)([C@H](NC(=O)OC(C)(C)C)c2ccccc2)N(C)C1. The van der Waals surface area contributed by atoms with Gasteiger partial charge in [0.25, 0.3) is 0 Å². The number of nitrogens with zero attached hydrogens (tertiary/aromatic N) is 1. The Bertz CT molecular complexity index is 553. The standard InChI is InChI=1S/C20H32N2O2/c1-15-12-13-20(5,22(6)14-15)17(16-10-8-7-9-11-16)21-18(23)24-19(2,3)4/h7-11,15,17H,12-14H2,1-6H3,(H,21,23)/t15?,17-,20?/m1/s1. The maximum absolute atomic E-state index is 12.4. The summed E-state index contributed by atoms with van der Waals surface area (Å²) in [7, 11) is 2.16. The molecule has 1 amide bonds. The molecule has 24 heavy (non-hydrogen) atoms. The number of likely N-dealkylation sites (N-methyl/N-ethyl adjacent to an activating group) is 1. The average Bonchev–Trinajstić information content (AvgIpc) is 2.48. The molecule has 1 aromatic carbocycles. The van der Waals surface area contributed by atoms with Crippen LogP contribution in [-0.2, 0) is 4.74 Å². The van der Waals surface area contributed by atoms with Crippen LogP contribution in [0.5, 0.6) is 0 Å². The van der Waals surface area contributed by atoms with Crippen molar-refractivity contribution in [1.82, 2.24) is 10.2 Å². The number of ether oxygens (including phenoxy) is 1. The van der Waals surface area contributed by atoms with Gasteiger partial charge in [0.1, 0.15) is 5.60 Å². The fourth-order valence-electron chi connectivity index (χ4n) is 3.53. The third-order valence-electron chi connectivity index (χ3n) is 5.02. The van der Waals surface area contributed by atoms with Gasteiger partial charge in [0.2, 0.25) is 0 Å². The predicted octanol–water partition coefficient (Wildman–Crippen LogP) is 4.37. The van der Waals surface area contributed by atoms with Crippen molar-refractivity contribution >= 4 is 6.09 Å².